The van der Waals surface area contributed by atoms with Gasteiger partial charge in [0, 0.05) is 10.5 Å². The minimum atomic E-state index is -1.74. The molecule has 1 amide bonds. The number of aliphatic hydroxyl groups is 1. The summed E-state index contributed by atoms with van der Waals surface area (Å²) in [5.74, 6) is -1.53. The molecule has 1 atom stereocenters. The van der Waals surface area contributed by atoms with Crippen molar-refractivity contribution >= 4 is 39.4 Å². The lowest BCUT2D eigenvalue weighted by Crippen LogP contribution is -2.49. The number of aliphatic carboxylic acids is 1. The second kappa shape index (κ2) is 7.58. The molecule has 0 aromatic heterocycles. The van der Waals surface area contributed by atoms with Crippen LogP contribution in [0.3, 0.4) is 0 Å². The van der Waals surface area contributed by atoms with Crippen LogP contribution >= 0.6 is 15.9 Å². The number of rotatable bonds is 5. The molecule has 24 heavy (non-hydrogen) atoms. The molecule has 1 unspecified atom stereocenters. The van der Waals surface area contributed by atoms with E-state index in [0.29, 0.717) is 9.37 Å². The molecule has 1 rings (SSSR count). The highest BCUT2D eigenvalue weighted by Gasteiger charge is 2.37. The van der Waals surface area contributed by atoms with Gasteiger partial charge in [0.2, 0.25) is 0 Å². The van der Waals surface area contributed by atoms with Crippen LogP contribution in [0.4, 0.5) is 16.2 Å². The zero-order chi connectivity index (χ0) is 18.7. The maximum atomic E-state index is 12.4. The Balaban J connectivity index is 3.54. The number of ether oxygens (including phenoxy) is 1. The molecule has 0 radical (unpaired) electrons. The Morgan fingerprint density at radius 1 is 1.42 bits per heavy atom. The molecule has 0 aliphatic rings. The Bertz CT molecular complexity index is 657. The van der Waals surface area contributed by atoms with Crippen LogP contribution in [0.2, 0.25) is 0 Å². The van der Waals surface area contributed by atoms with Crippen molar-refractivity contribution in [1.29, 1.82) is 0 Å². The lowest BCUT2D eigenvalue weighted by Gasteiger charge is -2.30. The van der Waals surface area contributed by atoms with Gasteiger partial charge in [-0.2, -0.15) is 0 Å². The van der Waals surface area contributed by atoms with E-state index >= 15 is 0 Å². The number of hydrogen-bond acceptors (Lipinski definition) is 6. The lowest BCUT2D eigenvalue weighted by molar-refractivity contribution is -0.384. The zero-order valence-electron chi connectivity index (χ0n) is 13.2. The number of carbonyl (C=O) groups excluding carboxylic acids is 1. The molecule has 2 N–H and O–H groups in total. The second-order valence-electron chi connectivity index (χ2n) is 5.78. The molecule has 10 heteroatoms. The third kappa shape index (κ3) is 4.90. The topological polar surface area (TPSA) is 130 Å². The van der Waals surface area contributed by atoms with E-state index in [1.165, 1.54) is 12.1 Å². The van der Waals surface area contributed by atoms with Crippen LogP contribution in [0.15, 0.2) is 22.7 Å². The average Bonchev–Trinajstić information content (AvgIpc) is 2.41. The smallest absolute Gasteiger partial charge is 0.415 e. The first-order valence-electron chi connectivity index (χ1n) is 6.77. The number of hydrogen-bond donors (Lipinski definition) is 2. The van der Waals surface area contributed by atoms with Crippen LogP contribution in [0.1, 0.15) is 20.8 Å². The minimum absolute atomic E-state index is 0.301. The van der Waals surface area contributed by atoms with E-state index in [4.69, 9.17) is 4.74 Å². The van der Waals surface area contributed by atoms with Gasteiger partial charge < -0.3 is 14.9 Å². The summed E-state index contributed by atoms with van der Waals surface area (Å²) in [7, 11) is 0. The maximum Gasteiger partial charge on any atom is 0.415 e. The van der Waals surface area contributed by atoms with Crippen molar-refractivity contribution in [3.05, 3.63) is 32.8 Å². The Hall–Kier alpha value is -2.20. The number of amides is 1. The molecule has 1 aromatic carbocycles. The van der Waals surface area contributed by atoms with Crippen LogP contribution in [-0.2, 0) is 9.53 Å². The van der Waals surface area contributed by atoms with Gasteiger partial charge in [-0.3, -0.25) is 15.0 Å². The lowest BCUT2D eigenvalue weighted by atomic mass is 10.2. The van der Waals surface area contributed by atoms with Crippen molar-refractivity contribution in [2.75, 3.05) is 11.5 Å². The van der Waals surface area contributed by atoms with Gasteiger partial charge >= 0.3 is 12.1 Å². The van der Waals surface area contributed by atoms with Crippen LogP contribution < -0.4 is 4.90 Å². The largest absolute Gasteiger partial charge is 0.480 e. The molecule has 0 aliphatic carbocycles. The highest BCUT2D eigenvalue weighted by Crippen LogP contribution is 2.33. The molecular formula is C14H17BrN2O7. The number of anilines is 1. The van der Waals surface area contributed by atoms with Gasteiger partial charge in [0.25, 0.3) is 5.69 Å². The molecule has 1 aromatic rings. The van der Waals surface area contributed by atoms with Gasteiger partial charge in [-0.05, 0) is 32.9 Å². The van der Waals surface area contributed by atoms with Gasteiger partial charge in [-0.25, -0.2) is 9.59 Å². The molecular weight excluding hydrogens is 388 g/mol. The van der Waals surface area contributed by atoms with Gasteiger partial charge in [0.15, 0.2) is 6.04 Å². The van der Waals surface area contributed by atoms with Gasteiger partial charge in [0.1, 0.15) is 11.3 Å². The number of benzene rings is 1. The summed E-state index contributed by atoms with van der Waals surface area (Å²) in [5.41, 5.74) is -1.76. The number of nitro groups is 1. The summed E-state index contributed by atoms with van der Waals surface area (Å²) in [6, 6.07) is 1.97. The monoisotopic (exact) mass is 404 g/mol. The predicted octanol–water partition coefficient (Wildman–Crippen LogP) is 2.54. The molecule has 0 spiro atoms. The molecule has 0 saturated carbocycles. The Kier molecular flexibility index (Phi) is 6.27. The third-order valence-corrected chi connectivity index (χ3v) is 3.25. The first kappa shape index (κ1) is 19.8. The van der Waals surface area contributed by atoms with Crippen molar-refractivity contribution < 1.29 is 29.5 Å². The fraction of sp³-hybridized carbons (Fsp3) is 0.429. The van der Waals surface area contributed by atoms with Crippen molar-refractivity contribution in [1.82, 2.24) is 0 Å². The SMILES string of the molecule is CC(C)(C)OC(=O)N(c1cc(Br)ccc1[N+](=O)[O-])C(CO)C(=O)O. The molecule has 0 aliphatic heterocycles. The summed E-state index contributed by atoms with van der Waals surface area (Å²) in [6.45, 7) is 3.74. The van der Waals surface area contributed by atoms with Crippen LogP contribution in [0.5, 0.6) is 0 Å². The molecule has 132 valence electrons. The van der Waals surface area contributed by atoms with E-state index in [0.717, 1.165) is 6.07 Å². The first-order valence-corrected chi connectivity index (χ1v) is 7.57. The predicted molar refractivity (Wildman–Crippen MR) is 88.0 cm³/mol. The van der Waals surface area contributed by atoms with Crippen LogP contribution in [0.25, 0.3) is 0 Å². The average molecular weight is 405 g/mol. The van der Waals surface area contributed by atoms with E-state index in [2.05, 4.69) is 15.9 Å². The molecule has 0 bridgehead atoms. The molecule has 0 heterocycles. The number of carboxylic acids is 1. The molecule has 9 nitrogen and oxygen atoms in total. The number of nitrogens with zero attached hydrogens (tertiary/aromatic N) is 2. The van der Waals surface area contributed by atoms with Crippen molar-refractivity contribution in [3.63, 3.8) is 0 Å². The summed E-state index contributed by atoms with van der Waals surface area (Å²) in [5, 5.41) is 29.8. The Morgan fingerprint density at radius 2 is 2.00 bits per heavy atom. The number of nitro benzene ring substituents is 1. The number of aliphatic hydroxyl groups excluding tert-OH is 1. The van der Waals surface area contributed by atoms with Gasteiger partial charge in [-0.15, -0.1) is 0 Å². The molecule has 0 fully saturated rings. The minimum Gasteiger partial charge on any atom is -0.480 e. The first-order chi connectivity index (χ1) is 11.0. The zero-order valence-corrected chi connectivity index (χ0v) is 14.8. The van der Waals surface area contributed by atoms with E-state index in [1.807, 2.05) is 0 Å². The second-order valence-corrected chi connectivity index (χ2v) is 6.69. The van der Waals surface area contributed by atoms with E-state index in [9.17, 15) is 29.9 Å². The van der Waals surface area contributed by atoms with E-state index in [-0.39, 0.29) is 5.69 Å². The Morgan fingerprint density at radius 3 is 2.42 bits per heavy atom. The summed E-state index contributed by atoms with van der Waals surface area (Å²) in [4.78, 5) is 34.9. The Labute approximate surface area is 146 Å². The highest BCUT2D eigenvalue weighted by molar-refractivity contribution is 9.10. The van der Waals surface area contributed by atoms with E-state index < -0.39 is 40.9 Å². The van der Waals surface area contributed by atoms with Crippen molar-refractivity contribution in [2.45, 2.75) is 32.4 Å². The quantitative estimate of drug-likeness (QED) is 0.569. The summed E-state index contributed by atoms with van der Waals surface area (Å²) >= 11 is 3.12. The van der Waals surface area contributed by atoms with Crippen molar-refractivity contribution in [2.24, 2.45) is 0 Å². The molecule has 0 saturated heterocycles. The highest BCUT2D eigenvalue weighted by atomic mass is 79.9. The number of carboxylic acid groups (broad SMARTS) is 1. The normalized spacial score (nSPS) is 12.4. The summed E-state index contributed by atoms with van der Waals surface area (Å²) < 4.78 is 5.52. The van der Waals surface area contributed by atoms with E-state index in [1.54, 1.807) is 20.8 Å². The van der Waals surface area contributed by atoms with Gasteiger partial charge in [0.05, 0.1) is 11.5 Å². The number of halogens is 1. The van der Waals surface area contributed by atoms with Gasteiger partial charge in [-0.1, -0.05) is 15.9 Å². The fourth-order valence-corrected chi connectivity index (χ4v) is 2.17. The van der Waals surface area contributed by atoms with Crippen LogP contribution in [0, 0.1) is 10.1 Å². The maximum absolute atomic E-state index is 12.4. The van der Waals surface area contributed by atoms with Crippen LogP contribution in [-0.4, -0.2) is 45.4 Å². The summed E-state index contributed by atoms with van der Waals surface area (Å²) in [6.07, 6.45) is -1.12. The third-order valence-electron chi connectivity index (χ3n) is 2.75. The number of carbonyl (C=O) groups is 2. The fourth-order valence-electron chi connectivity index (χ4n) is 1.82. The standard InChI is InChI=1S/C14H17BrN2O7/c1-14(2,3)24-13(21)16(11(7-18)12(19)20)10-6-8(15)4-5-9(10)17(22)23/h4-6,11,18H,7H2,1-3H3,(H,19,20). The van der Waals surface area contributed by atoms with Crippen molar-refractivity contribution in [3.8, 4) is 0 Å².